The van der Waals surface area contributed by atoms with Gasteiger partial charge in [0, 0.05) is 25.0 Å². The highest BCUT2D eigenvalue weighted by molar-refractivity contribution is 4.98. The van der Waals surface area contributed by atoms with Gasteiger partial charge >= 0.3 is 0 Å². The van der Waals surface area contributed by atoms with Gasteiger partial charge in [-0.1, -0.05) is 13.8 Å². The van der Waals surface area contributed by atoms with Gasteiger partial charge in [-0.2, -0.15) is 0 Å². The molecule has 0 spiro atoms. The van der Waals surface area contributed by atoms with Gasteiger partial charge in [-0.15, -0.1) is 0 Å². The van der Waals surface area contributed by atoms with E-state index in [1.165, 1.54) is 0 Å². The van der Waals surface area contributed by atoms with Crippen molar-refractivity contribution in [2.45, 2.75) is 51.9 Å². The first-order chi connectivity index (χ1) is 6.39. The van der Waals surface area contributed by atoms with Crippen LogP contribution < -0.4 is 0 Å². The summed E-state index contributed by atoms with van der Waals surface area (Å²) in [5, 5.41) is 0. The maximum atomic E-state index is 13.8. The summed E-state index contributed by atoms with van der Waals surface area (Å²) in [5.41, 5.74) is -1.60. The Morgan fingerprint density at radius 3 is 2.21 bits per heavy atom. The highest BCUT2D eigenvalue weighted by atomic mass is 19.2. The number of likely N-dealkylation sites (tertiary alicyclic amines) is 1. The van der Waals surface area contributed by atoms with Crippen molar-refractivity contribution >= 4 is 0 Å². The summed E-state index contributed by atoms with van der Waals surface area (Å²) in [6.45, 7) is 7.64. The first kappa shape index (κ1) is 11.9. The van der Waals surface area contributed by atoms with E-state index < -0.39 is 12.3 Å². The predicted octanol–water partition coefficient (Wildman–Crippen LogP) is 2.80. The second-order valence-electron chi connectivity index (χ2n) is 5.07. The molecule has 3 heteroatoms. The molecule has 2 atom stereocenters. The van der Waals surface area contributed by atoms with Crippen LogP contribution in [-0.2, 0) is 0 Å². The highest BCUT2D eigenvalue weighted by Gasteiger charge is 2.46. The summed E-state index contributed by atoms with van der Waals surface area (Å²) in [6, 6.07) is 0.488. The van der Waals surface area contributed by atoms with E-state index in [4.69, 9.17) is 0 Å². The van der Waals surface area contributed by atoms with Crippen LogP contribution in [-0.4, -0.2) is 35.9 Å². The van der Waals surface area contributed by atoms with Crippen LogP contribution in [0.25, 0.3) is 0 Å². The second kappa shape index (κ2) is 4.13. The monoisotopic (exact) mass is 205 g/mol. The zero-order chi connectivity index (χ0) is 10.9. The molecule has 0 aromatic carbocycles. The van der Waals surface area contributed by atoms with Gasteiger partial charge < -0.3 is 0 Å². The van der Waals surface area contributed by atoms with Gasteiger partial charge in [0.2, 0.25) is 0 Å². The number of hydrogen-bond donors (Lipinski definition) is 0. The quantitative estimate of drug-likeness (QED) is 0.685. The van der Waals surface area contributed by atoms with Crippen molar-refractivity contribution in [2.75, 3.05) is 13.2 Å². The molecule has 0 bridgehead atoms. The van der Waals surface area contributed by atoms with E-state index in [1.54, 1.807) is 0 Å². The fourth-order valence-corrected chi connectivity index (χ4v) is 2.28. The molecule has 84 valence electrons. The number of rotatable bonds is 3. The van der Waals surface area contributed by atoms with Crippen molar-refractivity contribution in [2.24, 2.45) is 5.92 Å². The Morgan fingerprint density at radius 1 is 1.36 bits per heavy atom. The predicted molar refractivity (Wildman–Crippen MR) is 54.9 cm³/mol. The topological polar surface area (TPSA) is 3.24 Å². The molecule has 1 aliphatic rings. The van der Waals surface area contributed by atoms with Crippen molar-refractivity contribution in [1.29, 1.82) is 0 Å². The minimum absolute atomic E-state index is 0.191. The van der Waals surface area contributed by atoms with E-state index >= 15 is 0 Å². The molecule has 1 heterocycles. The number of nitrogens with zero attached hydrogens (tertiary/aromatic N) is 1. The van der Waals surface area contributed by atoms with Gasteiger partial charge in [-0.05, 0) is 19.8 Å². The van der Waals surface area contributed by atoms with Gasteiger partial charge in [0.25, 0.3) is 0 Å². The maximum Gasteiger partial charge on any atom is 0.153 e. The molecule has 0 aromatic rings. The van der Waals surface area contributed by atoms with Crippen LogP contribution in [0.15, 0.2) is 0 Å². The molecule has 1 fully saturated rings. The van der Waals surface area contributed by atoms with Gasteiger partial charge in [0.1, 0.15) is 6.67 Å². The maximum absolute atomic E-state index is 13.8. The lowest BCUT2D eigenvalue weighted by Gasteiger charge is -2.30. The third kappa shape index (κ3) is 2.25. The van der Waals surface area contributed by atoms with Crippen molar-refractivity contribution in [3.63, 3.8) is 0 Å². The standard InChI is InChI=1S/C11H21F2N/c1-8(2)10-5-11(13,6-12)7-14(10)9(3)4/h8-10H,5-7H2,1-4H3/t10-,11+/m0/s1. The summed E-state index contributed by atoms with van der Waals surface area (Å²) in [7, 11) is 0. The summed E-state index contributed by atoms with van der Waals surface area (Å²) < 4.78 is 26.4. The molecule has 0 unspecified atom stereocenters. The van der Waals surface area contributed by atoms with E-state index in [-0.39, 0.29) is 12.6 Å². The van der Waals surface area contributed by atoms with Crippen molar-refractivity contribution < 1.29 is 8.78 Å². The Labute approximate surface area is 85.5 Å². The van der Waals surface area contributed by atoms with Crippen molar-refractivity contribution in [3.05, 3.63) is 0 Å². The van der Waals surface area contributed by atoms with E-state index in [0.717, 1.165) is 0 Å². The SMILES string of the molecule is CC(C)[C@@H]1C[C@@](F)(CF)CN1C(C)C. The summed E-state index contributed by atoms with van der Waals surface area (Å²) in [5.74, 6) is 0.390. The van der Waals surface area contributed by atoms with Gasteiger partial charge in [-0.3, -0.25) is 4.90 Å². The van der Waals surface area contributed by atoms with E-state index in [1.807, 2.05) is 13.8 Å². The van der Waals surface area contributed by atoms with Gasteiger partial charge in [-0.25, -0.2) is 8.78 Å². The van der Waals surface area contributed by atoms with Crippen LogP contribution in [0.3, 0.4) is 0 Å². The Kier molecular flexibility index (Phi) is 3.51. The molecule has 0 aromatic heterocycles. The summed E-state index contributed by atoms with van der Waals surface area (Å²) in [4.78, 5) is 2.09. The van der Waals surface area contributed by atoms with E-state index in [2.05, 4.69) is 18.7 Å². The zero-order valence-electron chi connectivity index (χ0n) is 9.56. The minimum Gasteiger partial charge on any atom is -0.294 e. The molecule has 1 rings (SSSR count). The van der Waals surface area contributed by atoms with Crippen LogP contribution in [0.2, 0.25) is 0 Å². The molecular formula is C11H21F2N. The molecule has 0 amide bonds. The molecule has 0 aliphatic carbocycles. The smallest absolute Gasteiger partial charge is 0.153 e. The number of halogens is 2. The third-order valence-corrected chi connectivity index (χ3v) is 3.14. The first-order valence-electron chi connectivity index (χ1n) is 5.40. The molecule has 14 heavy (non-hydrogen) atoms. The average molecular weight is 205 g/mol. The summed E-state index contributed by atoms with van der Waals surface area (Å²) in [6.07, 6.45) is 0.347. The Bertz CT molecular complexity index is 176. The van der Waals surface area contributed by atoms with Crippen LogP contribution >= 0.6 is 0 Å². The first-order valence-corrected chi connectivity index (χ1v) is 5.40. The van der Waals surface area contributed by atoms with Crippen LogP contribution in [0, 0.1) is 5.92 Å². The van der Waals surface area contributed by atoms with Crippen LogP contribution in [0.4, 0.5) is 8.78 Å². The number of hydrogen-bond acceptors (Lipinski definition) is 1. The Morgan fingerprint density at radius 2 is 1.93 bits per heavy atom. The minimum atomic E-state index is -1.60. The molecule has 1 saturated heterocycles. The van der Waals surface area contributed by atoms with Crippen molar-refractivity contribution in [3.8, 4) is 0 Å². The van der Waals surface area contributed by atoms with Gasteiger partial charge in [0.15, 0.2) is 5.67 Å². The van der Waals surface area contributed by atoms with E-state index in [0.29, 0.717) is 18.4 Å². The largest absolute Gasteiger partial charge is 0.294 e. The fourth-order valence-electron chi connectivity index (χ4n) is 2.28. The Hall–Kier alpha value is -0.180. The summed E-state index contributed by atoms with van der Waals surface area (Å²) >= 11 is 0. The highest BCUT2D eigenvalue weighted by Crippen LogP contribution is 2.35. The van der Waals surface area contributed by atoms with Crippen molar-refractivity contribution in [1.82, 2.24) is 4.90 Å². The van der Waals surface area contributed by atoms with Gasteiger partial charge in [0.05, 0.1) is 0 Å². The lowest BCUT2D eigenvalue weighted by molar-refractivity contribution is 0.115. The number of alkyl halides is 2. The molecule has 1 aliphatic heterocycles. The second-order valence-corrected chi connectivity index (χ2v) is 5.07. The average Bonchev–Trinajstić information content (AvgIpc) is 2.45. The normalized spacial score (nSPS) is 34.7. The molecule has 1 nitrogen and oxygen atoms in total. The van der Waals surface area contributed by atoms with Crippen LogP contribution in [0.5, 0.6) is 0 Å². The molecule has 0 N–H and O–H groups in total. The Balaban J connectivity index is 2.75. The molecule has 0 radical (unpaired) electrons. The van der Waals surface area contributed by atoms with Crippen LogP contribution in [0.1, 0.15) is 34.1 Å². The lowest BCUT2D eigenvalue weighted by atomic mass is 9.96. The lowest BCUT2D eigenvalue weighted by Crippen LogP contribution is -2.39. The van der Waals surface area contributed by atoms with E-state index in [9.17, 15) is 8.78 Å². The fraction of sp³-hybridized carbons (Fsp3) is 1.00. The third-order valence-electron chi connectivity index (χ3n) is 3.14. The molecule has 0 saturated carbocycles. The zero-order valence-corrected chi connectivity index (χ0v) is 9.56. The molecular weight excluding hydrogens is 184 g/mol.